The maximum Gasteiger partial charge on any atom is 0.334 e. The number of hydrogen-bond donors (Lipinski definition) is 1. The Bertz CT molecular complexity index is 545. The van der Waals surface area contributed by atoms with Crippen molar-refractivity contribution in [3.8, 4) is 0 Å². The van der Waals surface area contributed by atoms with E-state index in [9.17, 15) is 9.18 Å². The molecule has 1 atom stereocenters. The van der Waals surface area contributed by atoms with Gasteiger partial charge in [-0.05, 0) is 0 Å². The lowest BCUT2D eigenvalue weighted by Gasteiger charge is -2.16. The molecular formula is C10H12ClFN4O. The first kappa shape index (κ1) is 11.9. The molecule has 1 aromatic heterocycles. The average Bonchev–Trinajstić information content (AvgIpc) is 2.51. The van der Waals surface area contributed by atoms with Crippen LogP contribution in [0.5, 0.6) is 0 Å². The highest BCUT2D eigenvalue weighted by atomic mass is 35.5. The third kappa shape index (κ3) is 1.88. The summed E-state index contributed by atoms with van der Waals surface area (Å²) in [5.41, 5.74) is 0.0693. The fraction of sp³-hybridized carbons (Fsp3) is 0.400. The molecule has 2 rings (SSSR count). The molecule has 1 N–H and O–H groups in total. The quantitative estimate of drug-likeness (QED) is 0.658. The molecule has 0 aromatic carbocycles. The van der Waals surface area contributed by atoms with E-state index in [4.69, 9.17) is 11.6 Å². The number of aromatic nitrogens is 2. The largest absolute Gasteiger partial charge is 0.335 e. The van der Waals surface area contributed by atoms with E-state index in [1.54, 1.807) is 7.05 Å². The van der Waals surface area contributed by atoms with Crippen LogP contribution in [-0.2, 0) is 7.05 Å². The van der Waals surface area contributed by atoms with Gasteiger partial charge >= 0.3 is 5.69 Å². The van der Waals surface area contributed by atoms with Crippen molar-refractivity contribution in [2.45, 2.75) is 12.0 Å². The normalized spacial score (nSPS) is 17.7. The molecular weight excluding hydrogens is 247 g/mol. The first-order chi connectivity index (χ1) is 8.06. The predicted octanol–water partition coefficient (Wildman–Crippen LogP) is 1.38. The monoisotopic (exact) mass is 258 g/mol. The number of allylic oxidation sites excluding steroid dienone is 1. The van der Waals surface area contributed by atoms with Crippen LogP contribution >= 0.6 is 11.6 Å². The summed E-state index contributed by atoms with van der Waals surface area (Å²) in [4.78, 5) is 15.9. The lowest BCUT2D eigenvalue weighted by molar-refractivity contribution is 0.500. The van der Waals surface area contributed by atoms with Crippen LogP contribution in [0.25, 0.3) is 5.70 Å². The van der Waals surface area contributed by atoms with Crippen LogP contribution in [0.1, 0.15) is 12.1 Å². The molecule has 0 saturated carbocycles. The van der Waals surface area contributed by atoms with Crippen LogP contribution < -0.4 is 11.0 Å². The van der Waals surface area contributed by atoms with Crippen LogP contribution in [-0.4, -0.2) is 27.6 Å². The molecule has 0 bridgehead atoms. The summed E-state index contributed by atoms with van der Waals surface area (Å²) >= 11 is 5.82. The molecule has 5 nitrogen and oxygen atoms in total. The number of alkyl halides is 2. The van der Waals surface area contributed by atoms with Crippen LogP contribution in [0.4, 0.5) is 10.2 Å². The van der Waals surface area contributed by atoms with E-state index in [-0.39, 0.29) is 12.1 Å². The molecule has 0 radical (unpaired) electrons. The van der Waals surface area contributed by atoms with Crippen molar-refractivity contribution in [3.63, 3.8) is 0 Å². The van der Waals surface area contributed by atoms with E-state index >= 15 is 0 Å². The lowest BCUT2D eigenvalue weighted by Crippen LogP contribution is -2.23. The molecule has 7 heteroatoms. The van der Waals surface area contributed by atoms with Crippen molar-refractivity contribution >= 4 is 29.3 Å². The second-order valence-corrected chi connectivity index (χ2v) is 4.09. The summed E-state index contributed by atoms with van der Waals surface area (Å²) < 4.78 is 15.1. The molecule has 1 aliphatic rings. The highest BCUT2D eigenvalue weighted by molar-refractivity contribution is 6.22. The van der Waals surface area contributed by atoms with Crippen LogP contribution in [0.15, 0.2) is 16.4 Å². The van der Waals surface area contributed by atoms with E-state index < -0.39 is 12.3 Å². The summed E-state index contributed by atoms with van der Waals surface area (Å²) in [5, 5.41) is 2.86. The Labute approximate surface area is 102 Å². The summed E-state index contributed by atoms with van der Waals surface area (Å²) in [7, 11) is 1.61. The Balaban J connectivity index is 2.57. The zero-order chi connectivity index (χ0) is 12.6. The van der Waals surface area contributed by atoms with Crippen molar-refractivity contribution in [3.05, 3.63) is 22.8 Å². The molecule has 0 spiro atoms. The molecule has 2 heterocycles. The molecule has 0 saturated heterocycles. The zero-order valence-electron chi connectivity index (χ0n) is 9.28. The minimum absolute atomic E-state index is 0.0993. The molecule has 1 aromatic rings. The standard InChI is InChI=1S/C10H12ClFN4O/c1-6(3-4-12)16-8-7(15(2)10(16)17)5-13-9(11)14-8/h5,9,14H,1,3-4H2,2H3. The van der Waals surface area contributed by atoms with E-state index in [1.165, 1.54) is 15.3 Å². The van der Waals surface area contributed by atoms with Crippen LogP contribution in [0, 0.1) is 0 Å². The lowest BCUT2D eigenvalue weighted by atomic mass is 10.3. The van der Waals surface area contributed by atoms with Crippen molar-refractivity contribution in [2.24, 2.45) is 12.0 Å². The summed E-state index contributed by atoms with van der Waals surface area (Å²) in [6.07, 6.45) is 1.62. The number of nitrogens with zero attached hydrogens (tertiary/aromatic N) is 3. The maximum absolute atomic E-state index is 12.3. The van der Waals surface area contributed by atoms with Gasteiger partial charge in [0.15, 0.2) is 5.62 Å². The van der Waals surface area contributed by atoms with E-state index in [0.29, 0.717) is 17.2 Å². The molecule has 0 amide bonds. The maximum atomic E-state index is 12.3. The Morgan fingerprint density at radius 3 is 3.12 bits per heavy atom. The van der Waals surface area contributed by atoms with Gasteiger partial charge in [0.2, 0.25) is 0 Å². The van der Waals surface area contributed by atoms with Gasteiger partial charge in [0.25, 0.3) is 0 Å². The molecule has 1 aliphatic heterocycles. The summed E-state index contributed by atoms with van der Waals surface area (Å²) in [5.74, 6) is 0.506. The number of halogens is 2. The fourth-order valence-electron chi connectivity index (χ4n) is 1.71. The third-order valence-corrected chi connectivity index (χ3v) is 2.81. The Kier molecular flexibility index (Phi) is 3.06. The summed E-state index contributed by atoms with van der Waals surface area (Å²) in [6.45, 7) is 3.14. The topological polar surface area (TPSA) is 51.3 Å². The number of anilines is 1. The smallest absolute Gasteiger partial charge is 0.334 e. The molecule has 1 unspecified atom stereocenters. The van der Waals surface area contributed by atoms with Gasteiger partial charge in [0.05, 0.1) is 12.9 Å². The molecule has 17 heavy (non-hydrogen) atoms. The first-order valence-corrected chi connectivity index (χ1v) is 5.49. The molecule has 0 fully saturated rings. The Morgan fingerprint density at radius 2 is 2.47 bits per heavy atom. The van der Waals surface area contributed by atoms with Crippen molar-refractivity contribution in [1.29, 1.82) is 0 Å². The third-order valence-electron chi connectivity index (χ3n) is 2.59. The van der Waals surface area contributed by atoms with Gasteiger partial charge in [0, 0.05) is 19.2 Å². The number of hydrogen-bond acceptors (Lipinski definition) is 3. The molecule has 0 aliphatic carbocycles. The Morgan fingerprint density at radius 1 is 1.76 bits per heavy atom. The average molecular weight is 259 g/mol. The predicted molar refractivity (Wildman–Crippen MR) is 66.5 cm³/mol. The summed E-state index contributed by atoms with van der Waals surface area (Å²) in [6, 6.07) is 0. The minimum atomic E-state index is -0.631. The first-order valence-electron chi connectivity index (χ1n) is 5.06. The number of imidazole rings is 1. The zero-order valence-corrected chi connectivity index (χ0v) is 10.0. The number of rotatable bonds is 3. The van der Waals surface area contributed by atoms with E-state index in [1.807, 2.05) is 0 Å². The van der Waals surface area contributed by atoms with Crippen molar-refractivity contribution in [1.82, 2.24) is 9.13 Å². The van der Waals surface area contributed by atoms with Crippen LogP contribution in [0.2, 0.25) is 0 Å². The van der Waals surface area contributed by atoms with Gasteiger partial charge in [-0.1, -0.05) is 18.2 Å². The fourth-order valence-corrected chi connectivity index (χ4v) is 1.87. The van der Waals surface area contributed by atoms with Gasteiger partial charge in [-0.25, -0.2) is 4.79 Å². The highest BCUT2D eigenvalue weighted by Crippen LogP contribution is 2.22. The number of nitrogens with one attached hydrogen (secondary N) is 1. The van der Waals surface area contributed by atoms with E-state index in [0.717, 1.165) is 0 Å². The van der Waals surface area contributed by atoms with Gasteiger partial charge in [0.1, 0.15) is 11.5 Å². The minimum Gasteiger partial charge on any atom is -0.335 e. The van der Waals surface area contributed by atoms with Crippen molar-refractivity contribution in [2.75, 3.05) is 12.0 Å². The van der Waals surface area contributed by atoms with E-state index in [2.05, 4.69) is 16.9 Å². The van der Waals surface area contributed by atoms with Gasteiger partial charge in [-0.15, -0.1) is 0 Å². The van der Waals surface area contributed by atoms with Gasteiger partial charge in [-0.2, -0.15) is 0 Å². The number of fused-ring (bicyclic) bond motifs is 1. The van der Waals surface area contributed by atoms with Crippen LogP contribution in [0.3, 0.4) is 0 Å². The van der Waals surface area contributed by atoms with Gasteiger partial charge in [-0.3, -0.25) is 18.5 Å². The second-order valence-electron chi connectivity index (χ2n) is 3.67. The number of aliphatic imine (C=N–C) groups is 1. The second kappa shape index (κ2) is 4.37. The SMILES string of the molecule is C=C(CCF)n1c2c(n(C)c1=O)C=NC(Cl)N2. The Hall–Kier alpha value is -1.56. The van der Waals surface area contributed by atoms with Gasteiger partial charge < -0.3 is 5.32 Å². The van der Waals surface area contributed by atoms with Crippen molar-refractivity contribution < 1.29 is 4.39 Å². The molecule has 92 valence electrons. The highest BCUT2D eigenvalue weighted by Gasteiger charge is 2.22.